The van der Waals surface area contributed by atoms with Crippen molar-refractivity contribution in [3.63, 3.8) is 0 Å². The van der Waals surface area contributed by atoms with Crippen LogP contribution in [-0.2, 0) is 4.79 Å². The van der Waals surface area contributed by atoms with E-state index in [1.807, 2.05) is 13.0 Å². The van der Waals surface area contributed by atoms with Crippen molar-refractivity contribution in [3.8, 4) is 0 Å². The van der Waals surface area contributed by atoms with Crippen molar-refractivity contribution in [1.29, 1.82) is 0 Å². The molecule has 0 bridgehead atoms. The molecule has 7 heteroatoms. The van der Waals surface area contributed by atoms with Crippen molar-refractivity contribution in [1.82, 2.24) is 4.90 Å². The summed E-state index contributed by atoms with van der Waals surface area (Å²) in [4.78, 5) is 27.6. The molecule has 2 aromatic rings. The van der Waals surface area contributed by atoms with Gasteiger partial charge in [0, 0.05) is 29.5 Å². The lowest BCUT2D eigenvalue weighted by Crippen LogP contribution is -2.37. The van der Waals surface area contributed by atoms with Crippen molar-refractivity contribution in [3.05, 3.63) is 58.9 Å². The molecule has 0 aromatic heterocycles. The van der Waals surface area contributed by atoms with Crippen molar-refractivity contribution in [2.24, 2.45) is 0 Å². The summed E-state index contributed by atoms with van der Waals surface area (Å²) < 4.78 is 13.0. The van der Waals surface area contributed by atoms with Gasteiger partial charge in [-0.05, 0) is 48.9 Å². The number of hydrogen-bond donors (Lipinski definition) is 1. The lowest BCUT2D eigenvalue weighted by atomic mass is 10.2. The maximum absolute atomic E-state index is 13.0. The van der Waals surface area contributed by atoms with Crippen LogP contribution in [0.4, 0.5) is 20.6 Å². The van der Waals surface area contributed by atoms with Crippen LogP contribution in [0.5, 0.6) is 0 Å². The van der Waals surface area contributed by atoms with Crippen LogP contribution in [0.1, 0.15) is 5.56 Å². The number of rotatable bonds is 4. The number of aryl methyl sites for hydroxylation is 1. The van der Waals surface area contributed by atoms with Crippen molar-refractivity contribution in [2.75, 3.05) is 29.9 Å². The first kappa shape index (κ1) is 17.2. The fourth-order valence-corrected chi connectivity index (χ4v) is 2.81. The molecule has 25 heavy (non-hydrogen) atoms. The highest BCUT2D eigenvalue weighted by molar-refractivity contribution is 6.31. The first-order valence-electron chi connectivity index (χ1n) is 7.82. The molecule has 130 valence electrons. The van der Waals surface area contributed by atoms with Gasteiger partial charge in [0.25, 0.3) is 0 Å². The zero-order valence-electron chi connectivity index (χ0n) is 13.6. The predicted octanol–water partition coefficient (Wildman–Crippen LogP) is 3.67. The number of carbonyl (C=O) groups is 2. The van der Waals surface area contributed by atoms with E-state index in [-0.39, 0.29) is 24.3 Å². The number of urea groups is 1. The van der Waals surface area contributed by atoms with E-state index in [1.54, 1.807) is 24.3 Å². The highest BCUT2D eigenvalue weighted by Crippen LogP contribution is 2.22. The van der Waals surface area contributed by atoms with Gasteiger partial charge in [0.15, 0.2) is 0 Å². The number of carbonyl (C=O) groups excluding carboxylic acids is 2. The number of nitrogens with one attached hydrogen (secondary N) is 1. The van der Waals surface area contributed by atoms with Gasteiger partial charge in [-0.1, -0.05) is 17.7 Å². The second-order valence-corrected chi connectivity index (χ2v) is 6.25. The molecule has 3 amide bonds. The third-order valence-corrected chi connectivity index (χ3v) is 4.43. The first-order valence-corrected chi connectivity index (χ1v) is 8.20. The van der Waals surface area contributed by atoms with Crippen LogP contribution in [0.25, 0.3) is 0 Å². The van der Waals surface area contributed by atoms with E-state index in [2.05, 4.69) is 5.32 Å². The summed E-state index contributed by atoms with van der Waals surface area (Å²) in [6, 6.07) is 10.7. The minimum Gasteiger partial charge on any atom is -0.324 e. The third kappa shape index (κ3) is 3.91. The van der Waals surface area contributed by atoms with Gasteiger partial charge >= 0.3 is 6.03 Å². The lowest BCUT2D eigenvalue weighted by molar-refractivity contribution is -0.116. The molecule has 0 aliphatic carbocycles. The number of anilines is 2. The van der Waals surface area contributed by atoms with Gasteiger partial charge in [-0.3, -0.25) is 9.69 Å². The van der Waals surface area contributed by atoms with Gasteiger partial charge in [-0.25, -0.2) is 9.18 Å². The topological polar surface area (TPSA) is 52.7 Å². The molecule has 1 aliphatic rings. The molecule has 0 unspecified atom stereocenters. The Hall–Kier alpha value is -2.60. The number of halogens is 2. The molecule has 0 spiro atoms. The number of benzene rings is 2. The molecule has 0 saturated carbocycles. The Balaban J connectivity index is 1.61. The smallest absolute Gasteiger partial charge is 0.324 e. The molecule has 3 rings (SSSR count). The van der Waals surface area contributed by atoms with Gasteiger partial charge in [0.1, 0.15) is 12.4 Å². The largest absolute Gasteiger partial charge is 0.325 e. The van der Waals surface area contributed by atoms with Crippen LogP contribution >= 0.6 is 11.6 Å². The summed E-state index contributed by atoms with van der Waals surface area (Å²) >= 11 is 6.04. The molecule has 2 aromatic carbocycles. The summed E-state index contributed by atoms with van der Waals surface area (Å²) in [6.45, 7) is 2.70. The van der Waals surface area contributed by atoms with E-state index < -0.39 is 0 Å². The van der Waals surface area contributed by atoms with Crippen LogP contribution in [-0.4, -0.2) is 36.5 Å². The maximum atomic E-state index is 13.0. The Morgan fingerprint density at radius 3 is 2.60 bits per heavy atom. The fourth-order valence-electron chi connectivity index (χ4n) is 2.63. The SMILES string of the molecule is Cc1ccc(NC(=O)CN2CCN(c3ccc(F)cc3)C2=O)cc1Cl. The zero-order valence-corrected chi connectivity index (χ0v) is 14.4. The predicted molar refractivity (Wildman–Crippen MR) is 95.5 cm³/mol. The Labute approximate surface area is 150 Å². The Kier molecular flexibility index (Phi) is 4.90. The highest BCUT2D eigenvalue weighted by atomic mass is 35.5. The van der Waals surface area contributed by atoms with E-state index in [0.717, 1.165) is 5.56 Å². The second-order valence-electron chi connectivity index (χ2n) is 5.84. The molecule has 1 heterocycles. The van der Waals surface area contributed by atoms with Crippen LogP contribution in [0.3, 0.4) is 0 Å². The van der Waals surface area contributed by atoms with Crippen LogP contribution in [0.15, 0.2) is 42.5 Å². The Morgan fingerprint density at radius 1 is 1.20 bits per heavy atom. The van der Waals surface area contributed by atoms with E-state index in [4.69, 9.17) is 11.6 Å². The van der Waals surface area contributed by atoms with Gasteiger partial charge in [0.2, 0.25) is 5.91 Å². The Morgan fingerprint density at radius 2 is 1.92 bits per heavy atom. The first-order chi connectivity index (χ1) is 11.9. The summed E-state index contributed by atoms with van der Waals surface area (Å²) in [5, 5.41) is 3.30. The third-order valence-electron chi connectivity index (χ3n) is 4.02. The van der Waals surface area contributed by atoms with E-state index >= 15 is 0 Å². The minimum atomic E-state index is -0.358. The van der Waals surface area contributed by atoms with Crippen molar-refractivity contribution >= 4 is 34.9 Å². The van der Waals surface area contributed by atoms with Gasteiger partial charge in [-0.15, -0.1) is 0 Å². The minimum absolute atomic E-state index is 0.0535. The molecule has 1 N–H and O–H groups in total. The number of nitrogens with zero attached hydrogens (tertiary/aromatic N) is 2. The molecule has 5 nitrogen and oxygen atoms in total. The van der Waals surface area contributed by atoms with Gasteiger partial charge in [-0.2, -0.15) is 0 Å². The van der Waals surface area contributed by atoms with Crippen molar-refractivity contribution in [2.45, 2.75) is 6.92 Å². The van der Waals surface area contributed by atoms with E-state index in [1.165, 1.54) is 21.9 Å². The monoisotopic (exact) mass is 361 g/mol. The van der Waals surface area contributed by atoms with Crippen LogP contribution in [0.2, 0.25) is 5.02 Å². The average Bonchev–Trinajstić information content (AvgIpc) is 2.93. The number of amides is 3. The molecule has 0 atom stereocenters. The maximum Gasteiger partial charge on any atom is 0.325 e. The average molecular weight is 362 g/mol. The lowest BCUT2D eigenvalue weighted by Gasteiger charge is -2.18. The standard InChI is InChI=1S/C18H17ClFN3O2/c1-12-2-5-14(10-16(12)19)21-17(24)11-22-8-9-23(18(22)25)15-6-3-13(20)4-7-15/h2-7,10H,8-9,11H2,1H3,(H,21,24). The molecular formula is C18H17ClFN3O2. The molecule has 1 fully saturated rings. The molecule has 1 saturated heterocycles. The number of hydrogen-bond acceptors (Lipinski definition) is 2. The summed E-state index contributed by atoms with van der Waals surface area (Å²) in [5.41, 5.74) is 2.12. The summed E-state index contributed by atoms with van der Waals surface area (Å²) in [7, 11) is 0. The fraction of sp³-hybridized carbons (Fsp3) is 0.222. The van der Waals surface area contributed by atoms with Gasteiger partial charge < -0.3 is 10.2 Å². The molecule has 0 radical (unpaired) electrons. The van der Waals surface area contributed by atoms with Crippen molar-refractivity contribution < 1.29 is 14.0 Å². The molecular weight excluding hydrogens is 345 g/mol. The second kappa shape index (κ2) is 7.11. The Bertz CT molecular complexity index is 810. The normalized spacial score (nSPS) is 14.1. The summed E-state index contributed by atoms with van der Waals surface area (Å²) in [6.07, 6.45) is 0. The zero-order chi connectivity index (χ0) is 18.0. The quantitative estimate of drug-likeness (QED) is 0.903. The summed E-state index contributed by atoms with van der Waals surface area (Å²) in [5.74, 6) is -0.655. The highest BCUT2D eigenvalue weighted by Gasteiger charge is 2.30. The van der Waals surface area contributed by atoms with Crippen LogP contribution < -0.4 is 10.2 Å². The van der Waals surface area contributed by atoms with E-state index in [0.29, 0.717) is 29.5 Å². The molecule has 1 aliphatic heterocycles. The van der Waals surface area contributed by atoms with E-state index in [9.17, 15) is 14.0 Å². The van der Waals surface area contributed by atoms with Gasteiger partial charge in [0.05, 0.1) is 0 Å². The van der Waals surface area contributed by atoms with Crippen LogP contribution in [0, 0.1) is 12.7 Å².